The molecule has 3 fully saturated rings. The maximum Gasteiger partial charge on any atom is 0.349 e. The standard InChI is InChI=1S/3C23H32N6OSi.2C18H14O8/c3*1-31(2,3)13-12-30-17-28-11-9-20-22(25-16-26-23(20)28)19-14-27-29(15-19)21(8-10-24)18-6-4-5-7-18;2*19-15(20)13(25-17(23)11-7-3-1-4-8-11)14(16(21)22)26-18(24)12-9-5-2-6-10-12/h3*9,11,14-16,18,21H,4-8,12-13,17H2,1-3H3;2*1-10,13-14H,(H,19,20)(H,21,22)/t2*21-;;2*13-,14?/m11.00/s1. The Balaban J connectivity index is 0.000000162. The summed E-state index contributed by atoms with van der Waals surface area (Å²) in [5, 5.41) is 81.8. The molecule has 4 N–H and O–H groups in total. The molecule has 0 amide bonds. The Labute approximate surface area is 843 Å². The van der Waals surface area contributed by atoms with E-state index in [0.717, 1.165) is 105 Å². The van der Waals surface area contributed by atoms with E-state index < -0.39 is 96.4 Å². The Morgan fingerprint density at radius 1 is 0.345 bits per heavy atom. The smallest absolute Gasteiger partial charge is 0.349 e. The molecule has 4 aromatic carbocycles. The summed E-state index contributed by atoms with van der Waals surface area (Å²) in [5.74, 6) is -9.66. The van der Waals surface area contributed by atoms with Crippen molar-refractivity contribution in [3.05, 3.63) is 237 Å². The molecule has 760 valence electrons. The fourth-order valence-electron chi connectivity index (χ4n) is 17.3. The monoisotopic (exact) mass is 2020 g/mol. The lowest BCUT2D eigenvalue weighted by Crippen LogP contribution is -2.45. The summed E-state index contributed by atoms with van der Waals surface area (Å²) in [7, 11) is -3.30. The molecule has 16 rings (SSSR count). The van der Waals surface area contributed by atoms with Gasteiger partial charge in [-0.3, -0.25) is 14.0 Å². The second kappa shape index (κ2) is 52.4. The van der Waals surface area contributed by atoms with Crippen LogP contribution in [-0.4, -0.2) is 210 Å². The zero-order valence-corrected chi connectivity index (χ0v) is 85.9. The molecular formula is C105H124N18O19Si3. The third kappa shape index (κ3) is 31.1. The van der Waals surface area contributed by atoms with E-state index in [0.29, 0.717) is 57.2 Å². The van der Waals surface area contributed by atoms with Crippen molar-refractivity contribution in [3.8, 4) is 52.0 Å². The number of aromatic nitrogens is 15. The van der Waals surface area contributed by atoms with Crippen molar-refractivity contribution < 1.29 is 91.9 Å². The van der Waals surface area contributed by atoms with Gasteiger partial charge in [0.2, 0.25) is 24.4 Å². The predicted octanol–water partition coefficient (Wildman–Crippen LogP) is 19.0. The summed E-state index contributed by atoms with van der Waals surface area (Å²) in [4.78, 5) is 121. The molecule has 37 nitrogen and oxygen atoms in total. The van der Waals surface area contributed by atoms with Gasteiger partial charge < -0.3 is 67.3 Å². The molecule has 40 heteroatoms. The van der Waals surface area contributed by atoms with Crippen molar-refractivity contribution in [2.75, 3.05) is 19.8 Å². The van der Waals surface area contributed by atoms with Crippen LogP contribution in [0.15, 0.2) is 214 Å². The molecule has 9 heterocycles. The molecule has 0 bridgehead atoms. The predicted molar refractivity (Wildman–Crippen MR) is 545 cm³/mol. The van der Waals surface area contributed by atoms with E-state index in [1.807, 2.05) is 102 Å². The van der Waals surface area contributed by atoms with Crippen LogP contribution in [0, 0.1) is 51.7 Å². The van der Waals surface area contributed by atoms with E-state index in [-0.39, 0.29) is 40.4 Å². The van der Waals surface area contributed by atoms with Crippen molar-refractivity contribution in [1.29, 1.82) is 15.8 Å². The zero-order valence-electron chi connectivity index (χ0n) is 82.9. The zero-order chi connectivity index (χ0) is 104. The van der Waals surface area contributed by atoms with Gasteiger partial charge in [-0.15, -0.1) is 0 Å². The molecule has 0 spiro atoms. The molecule has 145 heavy (non-hydrogen) atoms. The van der Waals surface area contributed by atoms with E-state index in [1.165, 1.54) is 174 Å². The number of nitrogens with zero attached hydrogens (tertiary/aromatic N) is 18. The number of hydrogen-bond donors (Lipinski definition) is 4. The van der Waals surface area contributed by atoms with Crippen LogP contribution in [0.1, 0.15) is 156 Å². The van der Waals surface area contributed by atoms with E-state index in [4.69, 9.17) is 33.2 Å². The normalized spacial score (nSPS) is 14.8. The first-order valence-electron chi connectivity index (χ1n) is 48.5. The number of nitriles is 3. The van der Waals surface area contributed by atoms with Gasteiger partial charge in [0.1, 0.15) is 56.1 Å². The molecule has 3 aliphatic carbocycles. The first-order chi connectivity index (χ1) is 69.7. The summed E-state index contributed by atoms with van der Waals surface area (Å²) < 4.78 is 48.9. The van der Waals surface area contributed by atoms with Gasteiger partial charge in [0.15, 0.2) is 0 Å². The van der Waals surface area contributed by atoms with Gasteiger partial charge in [-0.25, -0.2) is 68.3 Å². The number of carbonyl (C=O) groups excluding carboxylic acids is 4. The molecule has 3 unspecified atom stereocenters. The topological polar surface area (TPSA) is 499 Å². The fraction of sp³-hybridized carbons (Fsp3) is 0.410. The third-order valence-electron chi connectivity index (χ3n) is 25.2. The van der Waals surface area contributed by atoms with E-state index in [9.17, 15) is 74.6 Å². The van der Waals surface area contributed by atoms with E-state index in [1.54, 1.807) is 43.2 Å². The number of carboxylic acids is 4. The van der Waals surface area contributed by atoms with Crippen molar-refractivity contribution in [2.45, 2.75) is 236 Å². The van der Waals surface area contributed by atoms with Crippen LogP contribution in [0.4, 0.5) is 0 Å². The summed E-state index contributed by atoms with van der Waals surface area (Å²) in [6.07, 6.45) is 29.8. The minimum Gasteiger partial charge on any atom is -0.478 e. The number of aliphatic carboxylic acids is 4. The Kier molecular flexibility index (Phi) is 39.4. The Morgan fingerprint density at radius 3 is 0.779 bits per heavy atom. The van der Waals surface area contributed by atoms with Crippen LogP contribution in [0.25, 0.3) is 66.9 Å². The minimum absolute atomic E-state index is 0.0253. The number of fused-ring (bicyclic) bond motifs is 3. The lowest BCUT2D eigenvalue weighted by atomic mass is 9.96. The highest BCUT2D eigenvalue weighted by atomic mass is 28.3. The molecular weight excluding hydrogens is 1900 g/mol. The molecule has 3 aliphatic rings. The lowest BCUT2D eigenvalue weighted by molar-refractivity contribution is -0.166. The average molecular weight is 2030 g/mol. The highest BCUT2D eigenvalue weighted by Crippen LogP contribution is 2.41. The summed E-state index contributed by atoms with van der Waals surface area (Å²) in [5.41, 5.74) is 8.23. The second-order valence-electron chi connectivity index (χ2n) is 39.4. The molecule has 0 radical (unpaired) electrons. The number of rotatable bonds is 41. The number of esters is 4. The van der Waals surface area contributed by atoms with Crippen molar-refractivity contribution in [3.63, 3.8) is 0 Å². The minimum atomic E-state index is -2.21. The van der Waals surface area contributed by atoms with Gasteiger partial charge in [0.05, 0.1) is 114 Å². The number of hydrogen-bond acceptors (Lipinski definition) is 27. The summed E-state index contributed by atoms with van der Waals surface area (Å²) in [6, 6.07) is 46.8. The van der Waals surface area contributed by atoms with Crippen LogP contribution in [-0.2, 0) is 72.5 Å². The first kappa shape index (κ1) is 109. The molecule has 13 aromatic rings. The Morgan fingerprint density at radius 2 is 0.572 bits per heavy atom. The van der Waals surface area contributed by atoms with Crippen LogP contribution in [0.2, 0.25) is 77.1 Å². The quantitative estimate of drug-likeness (QED) is 0.0120. The van der Waals surface area contributed by atoms with Gasteiger partial charge in [0, 0.05) is 114 Å². The Hall–Kier alpha value is -14.9. The Bertz CT molecular complexity index is 5930. The highest BCUT2D eigenvalue weighted by molar-refractivity contribution is 6.76. The molecule has 9 aromatic heterocycles. The second-order valence-corrected chi connectivity index (χ2v) is 56.3. The highest BCUT2D eigenvalue weighted by Gasteiger charge is 2.43. The number of carboxylic acid groups (broad SMARTS) is 4. The average Bonchev–Trinajstić information content (AvgIpc) is 1.64. The van der Waals surface area contributed by atoms with Gasteiger partial charge in [0.25, 0.3) is 0 Å². The van der Waals surface area contributed by atoms with E-state index in [2.05, 4.69) is 122 Å². The van der Waals surface area contributed by atoms with Gasteiger partial charge >= 0.3 is 47.8 Å². The maximum atomic E-state index is 12.0. The largest absolute Gasteiger partial charge is 0.478 e. The molecule has 0 aliphatic heterocycles. The van der Waals surface area contributed by atoms with Gasteiger partial charge in [-0.05, 0) is 141 Å². The van der Waals surface area contributed by atoms with Crippen LogP contribution < -0.4 is 0 Å². The van der Waals surface area contributed by atoms with Crippen LogP contribution in [0.5, 0.6) is 0 Å². The first-order valence-corrected chi connectivity index (χ1v) is 59.6. The fourth-order valence-corrected chi connectivity index (χ4v) is 19.6. The molecule has 3 saturated carbocycles. The van der Waals surface area contributed by atoms with Gasteiger partial charge in [-0.2, -0.15) is 31.1 Å². The van der Waals surface area contributed by atoms with Crippen molar-refractivity contribution >= 4 is 105 Å². The number of ether oxygens (including phenoxy) is 7. The van der Waals surface area contributed by atoms with Gasteiger partial charge in [-0.1, -0.05) is 170 Å². The van der Waals surface area contributed by atoms with Crippen LogP contribution in [0.3, 0.4) is 0 Å². The lowest BCUT2D eigenvalue weighted by Gasteiger charge is -2.21. The maximum absolute atomic E-state index is 12.0. The third-order valence-corrected chi connectivity index (χ3v) is 30.3. The summed E-state index contributed by atoms with van der Waals surface area (Å²) >= 11 is 0. The van der Waals surface area contributed by atoms with Crippen molar-refractivity contribution in [2.24, 2.45) is 17.8 Å². The SMILES string of the molecule is C[Si](C)(C)CCOCn1ccc2c(-c3cnn(C(CC#N)C4CCCC4)c3)ncnc21.C[Si](C)(C)CCOCn1ccc2c(-c3cnn([C@H](CC#N)C4CCCC4)c3)ncnc21.C[Si](C)(C)CCOCn1ccc2c(-c3cnn([C@H](CC#N)C4CCCC4)c3)ncnc21.O=C(OC(C(=O)O)[C@H](OC(=O)c1ccccc1)C(=O)O)c1ccccc1.O=C(OC(C(=O)O)[C@H](OC(=O)c1ccccc1)C(=O)O)c1ccccc1. The molecule has 0 saturated heterocycles. The van der Waals surface area contributed by atoms with Crippen LogP contribution >= 0.6 is 0 Å². The van der Waals surface area contributed by atoms with E-state index >= 15 is 0 Å². The molecule has 7 atom stereocenters. The number of benzene rings is 4. The number of carbonyl (C=O) groups is 8. The van der Waals surface area contributed by atoms with Crippen molar-refractivity contribution in [1.82, 2.24) is 72.9 Å². The summed E-state index contributed by atoms with van der Waals surface area (Å²) in [6.45, 7) is 25.0.